The molecule has 164 valence electrons. The number of hydrogen-bond acceptors (Lipinski definition) is 8. The first-order chi connectivity index (χ1) is 14.8. The molecule has 3 aromatic heterocycles. The number of hydrogen-bond donors (Lipinski definition) is 1. The van der Waals surface area contributed by atoms with Crippen LogP contribution in [0.2, 0.25) is 0 Å². The van der Waals surface area contributed by atoms with E-state index in [2.05, 4.69) is 39.2 Å². The first-order valence-electron chi connectivity index (χ1n) is 10.3. The number of likely N-dealkylation sites (N-methyl/N-ethyl adjacent to an activating group) is 1. The maximum atomic E-state index is 12.9. The summed E-state index contributed by atoms with van der Waals surface area (Å²) in [6.07, 6.45) is 3.06. The molecule has 31 heavy (non-hydrogen) atoms. The lowest BCUT2D eigenvalue weighted by atomic mass is 9.95. The van der Waals surface area contributed by atoms with Gasteiger partial charge in [-0.05, 0) is 39.2 Å². The zero-order valence-corrected chi connectivity index (χ0v) is 19.0. The van der Waals surface area contributed by atoms with Crippen LogP contribution in [0.3, 0.4) is 0 Å². The molecule has 0 radical (unpaired) electrons. The lowest BCUT2D eigenvalue weighted by molar-refractivity contribution is -0.137. The monoisotopic (exact) mass is 442 g/mol. The number of thiophene rings is 1. The molecule has 1 aliphatic heterocycles. The molecule has 4 rings (SSSR count). The molecule has 0 atom stereocenters. The van der Waals surface area contributed by atoms with Crippen molar-refractivity contribution in [1.82, 2.24) is 20.0 Å². The summed E-state index contributed by atoms with van der Waals surface area (Å²) in [5, 5.41) is 7.50. The van der Waals surface area contributed by atoms with E-state index < -0.39 is 0 Å². The standard InChI is InChI=1S/C21H26N6O3S/c1-12-9-16(25-30-12)24-17(28)10-26(4)21(29)15-5-7-27(8-6-15)19-18-13(2)14(3)31-20(18)23-11-22-19/h9,11,15H,5-8,10H2,1-4H3,(H,24,25,28). The van der Waals surface area contributed by atoms with Gasteiger partial charge in [-0.1, -0.05) is 5.16 Å². The van der Waals surface area contributed by atoms with Crippen molar-refractivity contribution in [2.24, 2.45) is 5.92 Å². The molecule has 9 nitrogen and oxygen atoms in total. The SMILES string of the molecule is Cc1cc(NC(=O)CN(C)C(=O)C2CCN(c3ncnc4sc(C)c(C)c34)CC2)no1. The number of carbonyl (C=O) groups excluding carboxylic acids is 2. The van der Waals surface area contributed by atoms with E-state index in [9.17, 15) is 9.59 Å². The number of fused-ring (bicyclic) bond motifs is 1. The highest BCUT2D eigenvalue weighted by Gasteiger charge is 2.29. The number of anilines is 2. The first kappa shape index (κ1) is 21.2. The molecule has 3 aromatic rings. The highest BCUT2D eigenvalue weighted by molar-refractivity contribution is 7.18. The summed E-state index contributed by atoms with van der Waals surface area (Å²) in [6.45, 7) is 7.43. The normalized spacial score (nSPS) is 14.8. The molecule has 0 unspecified atom stereocenters. The number of carbonyl (C=O) groups is 2. The quantitative estimate of drug-likeness (QED) is 0.648. The molecule has 2 amide bonds. The Morgan fingerprint density at radius 3 is 2.68 bits per heavy atom. The molecular weight excluding hydrogens is 416 g/mol. The van der Waals surface area contributed by atoms with E-state index in [4.69, 9.17) is 4.52 Å². The highest BCUT2D eigenvalue weighted by atomic mass is 32.1. The summed E-state index contributed by atoms with van der Waals surface area (Å²) in [7, 11) is 1.66. The molecule has 1 saturated heterocycles. The van der Waals surface area contributed by atoms with Crippen LogP contribution in [0.4, 0.5) is 11.6 Å². The summed E-state index contributed by atoms with van der Waals surface area (Å²) in [4.78, 5) is 40.0. The molecule has 1 aliphatic rings. The van der Waals surface area contributed by atoms with Crippen molar-refractivity contribution >= 4 is 45.0 Å². The second-order valence-corrected chi connectivity index (χ2v) is 9.19. The summed E-state index contributed by atoms with van der Waals surface area (Å²) in [5.41, 5.74) is 1.22. The van der Waals surface area contributed by atoms with Crippen LogP contribution in [-0.4, -0.2) is 58.5 Å². The predicted octanol–water partition coefficient (Wildman–Crippen LogP) is 2.92. The summed E-state index contributed by atoms with van der Waals surface area (Å²) < 4.78 is 4.94. The Hall–Kier alpha value is -3.01. The van der Waals surface area contributed by atoms with Crippen molar-refractivity contribution < 1.29 is 14.1 Å². The Morgan fingerprint density at radius 1 is 1.26 bits per heavy atom. The number of nitrogens with one attached hydrogen (secondary N) is 1. The minimum absolute atomic E-state index is 0.0125. The lowest BCUT2D eigenvalue weighted by Gasteiger charge is -2.34. The number of amides is 2. The molecule has 0 aromatic carbocycles. The molecule has 0 aliphatic carbocycles. The third kappa shape index (κ3) is 4.39. The first-order valence-corrected chi connectivity index (χ1v) is 11.1. The molecular formula is C21H26N6O3S. The summed E-state index contributed by atoms with van der Waals surface area (Å²) in [5.74, 6) is 1.50. The molecule has 4 heterocycles. The van der Waals surface area contributed by atoms with Gasteiger partial charge in [-0.15, -0.1) is 11.3 Å². The average Bonchev–Trinajstić information content (AvgIpc) is 3.29. The average molecular weight is 443 g/mol. The van der Waals surface area contributed by atoms with E-state index in [0.717, 1.165) is 42.0 Å². The third-order valence-electron chi connectivity index (χ3n) is 5.74. The predicted molar refractivity (Wildman–Crippen MR) is 119 cm³/mol. The van der Waals surface area contributed by atoms with Crippen LogP contribution in [0.25, 0.3) is 10.2 Å². The lowest BCUT2D eigenvalue weighted by Crippen LogP contribution is -2.43. The Kier molecular flexibility index (Phi) is 5.90. The molecule has 0 bridgehead atoms. The van der Waals surface area contributed by atoms with Gasteiger partial charge in [0.1, 0.15) is 22.7 Å². The molecule has 1 fully saturated rings. The van der Waals surface area contributed by atoms with Crippen molar-refractivity contribution in [1.29, 1.82) is 0 Å². The van der Waals surface area contributed by atoms with Crippen molar-refractivity contribution in [2.75, 3.05) is 36.9 Å². The van der Waals surface area contributed by atoms with Gasteiger partial charge in [0.25, 0.3) is 0 Å². The van der Waals surface area contributed by atoms with Gasteiger partial charge in [0.05, 0.1) is 11.9 Å². The van der Waals surface area contributed by atoms with Gasteiger partial charge in [-0.3, -0.25) is 9.59 Å². The minimum Gasteiger partial charge on any atom is -0.360 e. The van der Waals surface area contributed by atoms with E-state index in [1.54, 1.807) is 37.7 Å². The third-order valence-corrected chi connectivity index (χ3v) is 6.86. The van der Waals surface area contributed by atoms with Crippen LogP contribution in [0.1, 0.15) is 29.0 Å². The number of rotatable bonds is 5. The molecule has 1 N–H and O–H groups in total. The fourth-order valence-corrected chi connectivity index (χ4v) is 4.95. The summed E-state index contributed by atoms with van der Waals surface area (Å²) in [6, 6.07) is 1.64. The van der Waals surface area contributed by atoms with Crippen molar-refractivity contribution in [3.8, 4) is 0 Å². The largest absolute Gasteiger partial charge is 0.360 e. The topological polar surface area (TPSA) is 104 Å². The van der Waals surface area contributed by atoms with Crippen LogP contribution in [0.5, 0.6) is 0 Å². The smallest absolute Gasteiger partial charge is 0.245 e. The minimum atomic E-state index is -0.298. The second-order valence-electron chi connectivity index (χ2n) is 7.99. The Morgan fingerprint density at radius 2 is 2.00 bits per heavy atom. The fourth-order valence-electron chi connectivity index (χ4n) is 3.95. The Labute approximate surface area is 184 Å². The number of nitrogens with zero attached hydrogens (tertiary/aromatic N) is 5. The van der Waals surface area contributed by atoms with Gasteiger partial charge in [-0.25, -0.2) is 9.97 Å². The van der Waals surface area contributed by atoms with Crippen molar-refractivity contribution in [3.05, 3.63) is 28.6 Å². The Bertz CT molecular complexity index is 1120. The number of piperidine rings is 1. The van der Waals surface area contributed by atoms with Gasteiger partial charge >= 0.3 is 0 Å². The van der Waals surface area contributed by atoms with Crippen LogP contribution in [0, 0.1) is 26.7 Å². The number of aromatic nitrogens is 3. The van der Waals surface area contributed by atoms with Crippen molar-refractivity contribution in [3.63, 3.8) is 0 Å². The maximum Gasteiger partial charge on any atom is 0.245 e. The zero-order valence-electron chi connectivity index (χ0n) is 18.1. The van der Waals surface area contributed by atoms with Gasteiger partial charge < -0.3 is 19.6 Å². The van der Waals surface area contributed by atoms with Crippen LogP contribution in [-0.2, 0) is 9.59 Å². The van der Waals surface area contributed by atoms with Crippen LogP contribution >= 0.6 is 11.3 Å². The van der Waals surface area contributed by atoms with Crippen molar-refractivity contribution in [2.45, 2.75) is 33.6 Å². The van der Waals surface area contributed by atoms with E-state index in [1.807, 2.05) is 0 Å². The van der Waals surface area contributed by atoms with Gasteiger partial charge in [-0.2, -0.15) is 0 Å². The maximum absolute atomic E-state index is 12.9. The molecule has 0 spiro atoms. The Balaban J connectivity index is 1.35. The highest BCUT2D eigenvalue weighted by Crippen LogP contribution is 2.35. The van der Waals surface area contributed by atoms with Crippen LogP contribution in [0.15, 0.2) is 16.9 Å². The van der Waals surface area contributed by atoms with E-state index in [0.29, 0.717) is 11.6 Å². The zero-order chi connectivity index (χ0) is 22.1. The van der Waals surface area contributed by atoms with Crippen LogP contribution < -0.4 is 10.2 Å². The molecule has 0 saturated carbocycles. The van der Waals surface area contributed by atoms with Gasteiger partial charge in [0, 0.05) is 37.0 Å². The summed E-state index contributed by atoms with van der Waals surface area (Å²) >= 11 is 1.69. The molecule has 10 heteroatoms. The van der Waals surface area contributed by atoms with E-state index in [-0.39, 0.29) is 24.3 Å². The van der Waals surface area contributed by atoms with E-state index in [1.165, 1.54) is 15.3 Å². The van der Waals surface area contributed by atoms with Gasteiger partial charge in [0.2, 0.25) is 11.8 Å². The number of aryl methyl sites for hydroxylation is 3. The fraction of sp³-hybridized carbons (Fsp3) is 0.476. The second kappa shape index (κ2) is 8.62. The van der Waals surface area contributed by atoms with Gasteiger partial charge in [0.15, 0.2) is 5.82 Å². The van der Waals surface area contributed by atoms with E-state index >= 15 is 0 Å².